The van der Waals surface area contributed by atoms with E-state index in [9.17, 15) is 9.59 Å². The lowest BCUT2D eigenvalue weighted by Crippen LogP contribution is -2.29. The number of rotatable bonds is 7. The Bertz CT molecular complexity index is 701. The molecule has 1 atom stereocenters. The lowest BCUT2D eigenvalue weighted by molar-refractivity contribution is -0.116. The lowest BCUT2D eigenvalue weighted by Gasteiger charge is -2.36. The van der Waals surface area contributed by atoms with Crippen molar-refractivity contribution in [1.29, 1.82) is 0 Å². The van der Waals surface area contributed by atoms with E-state index in [1.807, 2.05) is 0 Å². The smallest absolute Gasteiger partial charge is 0.251 e. The molecule has 0 saturated heterocycles. The fraction of sp³-hybridized carbons (Fsp3) is 0.727. The molecule has 1 aromatic heterocycles. The van der Waals surface area contributed by atoms with E-state index in [0.717, 1.165) is 37.7 Å². The molecule has 2 aliphatic carbocycles. The third-order valence-corrected chi connectivity index (χ3v) is 8.21. The summed E-state index contributed by atoms with van der Waals surface area (Å²) >= 11 is 1.57. The van der Waals surface area contributed by atoms with Crippen LogP contribution in [0.1, 0.15) is 92.9 Å². The van der Waals surface area contributed by atoms with Gasteiger partial charge in [-0.05, 0) is 48.5 Å². The maximum absolute atomic E-state index is 12.5. The topological polar surface area (TPSA) is 72.2 Å². The van der Waals surface area contributed by atoms with E-state index in [1.54, 1.807) is 11.3 Å². The zero-order valence-electron chi connectivity index (χ0n) is 17.0. The summed E-state index contributed by atoms with van der Waals surface area (Å²) in [7, 11) is 0. The molecule has 0 aromatic carbocycles. The number of fused-ring (bicyclic) bond motifs is 1. The van der Waals surface area contributed by atoms with Crippen LogP contribution in [0, 0.1) is 17.3 Å². The normalized spacial score (nSPS) is 20.5. The van der Waals surface area contributed by atoms with Crippen molar-refractivity contribution in [2.24, 2.45) is 23.0 Å². The van der Waals surface area contributed by atoms with Crippen LogP contribution in [0.2, 0.25) is 0 Å². The van der Waals surface area contributed by atoms with E-state index in [-0.39, 0.29) is 5.91 Å². The third-order valence-electron chi connectivity index (χ3n) is 7.04. The maximum Gasteiger partial charge on any atom is 0.251 e. The maximum atomic E-state index is 12.5. The van der Waals surface area contributed by atoms with E-state index in [4.69, 9.17) is 5.73 Å². The zero-order chi connectivity index (χ0) is 19.6. The summed E-state index contributed by atoms with van der Waals surface area (Å²) in [6.07, 6.45) is 10.7. The van der Waals surface area contributed by atoms with E-state index in [0.29, 0.717) is 34.2 Å². The summed E-state index contributed by atoms with van der Waals surface area (Å²) in [6.45, 7) is 6.91. The van der Waals surface area contributed by atoms with E-state index in [2.05, 4.69) is 26.1 Å². The molecule has 2 aliphatic rings. The lowest BCUT2D eigenvalue weighted by atomic mass is 9.69. The molecule has 4 nitrogen and oxygen atoms in total. The van der Waals surface area contributed by atoms with Crippen LogP contribution in [-0.4, -0.2) is 11.8 Å². The van der Waals surface area contributed by atoms with Crippen LogP contribution in [0.4, 0.5) is 5.00 Å². The molecule has 1 fully saturated rings. The Balaban J connectivity index is 1.72. The summed E-state index contributed by atoms with van der Waals surface area (Å²) in [4.78, 5) is 25.8. The number of carbonyl (C=O) groups is 2. The summed E-state index contributed by atoms with van der Waals surface area (Å²) in [5, 5.41) is 3.70. The number of nitrogens with two attached hydrogens (primary N) is 1. The van der Waals surface area contributed by atoms with Crippen molar-refractivity contribution < 1.29 is 9.59 Å². The number of amides is 2. The first-order valence-corrected chi connectivity index (χ1v) is 11.4. The molecule has 3 N–H and O–H groups in total. The van der Waals surface area contributed by atoms with Gasteiger partial charge in [0.2, 0.25) is 5.91 Å². The number of carbonyl (C=O) groups excluding carboxylic acids is 2. The molecule has 0 spiro atoms. The van der Waals surface area contributed by atoms with Gasteiger partial charge in [0.15, 0.2) is 0 Å². The average Bonchev–Trinajstić information content (AvgIpc) is 3.26. The number of anilines is 1. The second kappa shape index (κ2) is 8.34. The molecule has 5 heteroatoms. The Labute approximate surface area is 167 Å². The highest BCUT2D eigenvalue weighted by Gasteiger charge is 2.35. The molecule has 2 amide bonds. The van der Waals surface area contributed by atoms with Gasteiger partial charge in [-0.3, -0.25) is 9.59 Å². The molecule has 0 radical (unpaired) electrons. The Morgan fingerprint density at radius 3 is 2.56 bits per heavy atom. The second-order valence-corrected chi connectivity index (χ2v) is 10.2. The van der Waals surface area contributed by atoms with Gasteiger partial charge in [-0.2, -0.15) is 0 Å². The quantitative estimate of drug-likeness (QED) is 0.663. The largest absolute Gasteiger partial charge is 0.365 e. The van der Waals surface area contributed by atoms with Crippen LogP contribution >= 0.6 is 11.3 Å². The minimum atomic E-state index is -0.410. The van der Waals surface area contributed by atoms with Gasteiger partial charge >= 0.3 is 0 Å². The number of thiophene rings is 1. The predicted molar refractivity (Wildman–Crippen MR) is 112 cm³/mol. The first-order chi connectivity index (χ1) is 12.8. The Morgan fingerprint density at radius 2 is 1.93 bits per heavy atom. The van der Waals surface area contributed by atoms with Crippen molar-refractivity contribution in [3.8, 4) is 0 Å². The monoisotopic (exact) mass is 390 g/mol. The number of nitrogens with one attached hydrogen (secondary N) is 1. The van der Waals surface area contributed by atoms with Crippen molar-refractivity contribution in [1.82, 2.24) is 0 Å². The first kappa shape index (κ1) is 20.4. The van der Waals surface area contributed by atoms with Crippen molar-refractivity contribution in [3.63, 3.8) is 0 Å². The van der Waals surface area contributed by atoms with Crippen LogP contribution in [0.15, 0.2) is 0 Å². The highest BCUT2D eigenvalue weighted by Crippen LogP contribution is 2.45. The van der Waals surface area contributed by atoms with Gasteiger partial charge in [0.05, 0.1) is 5.56 Å². The number of hydrogen-bond donors (Lipinski definition) is 2. The van der Waals surface area contributed by atoms with Crippen molar-refractivity contribution in [2.45, 2.75) is 85.0 Å². The number of hydrogen-bond acceptors (Lipinski definition) is 3. The molecule has 150 valence electrons. The molecule has 0 bridgehead atoms. The summed E-state index contributed by atoms with van der Waals surface area (Å²) in [6, 6.07) is 0. The standard InChI is InChI=1S/C22H34N2O2S/c1-4-22(2,3)15-10-11-16-17(13-15)27-21(19(16)20(23)26)24-18(25)12-9-14-7-5-6-8-14/h14-15H,4-13H2,1-3H3,(H2,23,26)(H,24,25). The average molecular weight is 391 g/mol. The predicted octanol–water partition coefficient (Wildman–Crippen LogP) is 5.30. The molecule has 0 aliphatic heterocycles. The summed E-state index contributed by atoms with van der Waals surface area (Å²) in [5.41, 5.74) is 7.64. The Kier molecular flexibility index (Phi) is 6.29. The fourth-order valence-electron chi connectivity index (χ4n) is 4.71. The van der Waals surface area contributed by atoms with Gasteiger partial charge in [0.1, 0.15) is 5.00 Å². The molecular formula is C22H34N2O2S. The fourth-order valence-corrected chi connectivity index (χ4v) is 6.06. The van der Waals surface area contributed by atoms with Gasteiger partial charge in [0.25, 0.3) is 5.91 Å². The zero-order valence-corrected chi connectivity index (χ0v) is 17.8. The third kappa shape index (κ3) is 4.56. The Morgan fingerprint density at radius 1 is 1.22 bits per heavy atom. The van der Waals surface area contributed by atoms with Crippen molar-refractivity contribution >= 4 is 28.2 Å². The van der Waals surface area contributed by atoms with Gasteiger partial charge < -0.3 is 11.1 Å². The molecule has 3 rings (SSSR count). The van der Waals surface area contributed by atoms with E-state index in [1.165, 1.54) is 30.6 Å². The Hall–Kier alpha value is -1.36. The van der Waals surface area contributed by atoms with Crippen LogP contribution in [0.25, 0.3) is 0 Å². The highest BCUT2D eigenvalue weighted by molar-refractivity contribution is 7.17. The SMILES string of the molecule is CCC(C)(C)C1CCc2c(sc(NC(=O)CCC3CCCC3)c2C(N)=O)C1. The van der Waals surface area contributed by atoms with E-state index < -0.39 is 5.91 Å². The molecule has 1 unspecified atom stereocenters. The second-order valence-electron chi connectivity index (χ2n) is 9.09. The van der Waals surface area contributed by atoms with Gasteiger partial charge in [-0.15, -0.1) is 11.3 Å². The summed E-state index contributed by atoms with van der Waals surface area (Å²) < 4.78 is 0. The van der Waals surface area contributed by atoms with Crippen LogP contribution < -0.4 is 11.1 Å². The number of primary amides is 1. The molecule has 27 heavy (non-hydrogen) atoms. The summed E-state index contributed by atoms with van der Waals surface area (Å²) in [5.74, 6) is 0.917. The molecule has 1 saturated carbocycles. The van der Waals surface area contributed by atoms with Gasteiger partial charge in [-0.1, -0.05) is 52.9 Å². The van der Waals surface area contributed by atoms with Gasteiger partial charge in [0, 0.05) is 11.3 Å². The molecule has 1 aromatic rings. The molecule has 1 heterocycles. The van der Waals surface area contributed by atoms with Gasteiger partial charge in [-0.25, -0.2) is 0 Å². The van der Waals surface area contributed by atoms with Crippen molar-refractivity contribution in [3.05, 3.63) is 16.0 Å². The highest BCUT2D eigenvalue weighted by atomic mass is 32.1. The first-order valence-electron chi connectivity index (χ1n) is 10.6. The minimum absolute atomic E-state index is 0.0217. The van der Waals surface area contributed by atoms with Crippen molar-refractivity contribution in [2.75, 3.05) is 5.32 Å². The van der Waals surface area contributed by atoms with Crippen LogP contribution in [0.5, 0.6) is 0 Å². The minimum Gasteiger partial charge on any atom is -0.365 e. The van der Waals surface area contributed by atoms with Crippen LogP contribution in [-0.2, 0) is 17.6 Å². The van der Waals surface area contributed by atoms with E-state index >= 15 is 0 Å². The van der Waals surface area contributed by atoms with Crippen LogP contribution in [0.3, 0.4) is 0 Å². The molecular weight excluding hydrogens is 356 g/mol.